The average Bonchev–Trinajstić information content (AvgIpc) is 2.68. The van der Waals surface area contributed by atoms with E-state index < -0.39 is 11.7 Å². The molecule has 0 unspecified atom stereocenters. The Morgan fingerprint density at radius 1 is 1.17 bits per heavy atom. The molecule has 2 atom stereocenters. The van der Waals surface area contributed by atoms with Crippen molar-refractivity contribution in [3.05, 3.63) is 23.9 Å². The van der Waals surface area contributed by atoms with Crippen molar-refractivity contribution in [3.8, 4) is 0 Å². The summed E-state index contributed by atoms with van der Waals surface area (Å²) in [6.45, 7) is 1.17. The summed E-state index contributed by atoms with van der Waals surface area (Å²) in [6, 6.07) is 1.62. The van der Waals surface area contributed by atoms with Crippen molar-refractivity contribution in [1.82, 2.24) is 9.88 Å². The van der Waals surface area contributed by atoms with Gasteiger partial charge in [-0.05, 0) is 43.7 Å². The number of nitrogens with two attached hydrogens (primary N) is 1. The third-order valence-electron chi connectivity index (χ3n) is 5.89. The van der Waals surface area contributed by atoms with Crippen LogP contribution in [0.2, 0.25) is 0 Å². The second-order valence-electron chi connectivity index (χ2n) is 8.00. The Labute approximate surface area is 168 Å². The van der Waals surface area contributed by atoms with E-state index >= 15 is 0 Å². The summed E-state index contributed by atoms with van der Waals surface area (Å²) < 4.78 is 38.3. The van der Waals surface area contributed by atoms with Gasteiger partial charge in [0.1, 0.15) is 5.82 Å². The van der Waals surface area contributed by atoms with Crippen molar-refractivity contribution in [2.75, 3.05) is 18.4 Å². The van der Waals surface area contributed by atoms with Gasteiger partial charge in [-0.2, -0.15) is 13.2 Å². The molecule has 2 fully saturated rings. The van der Waals surface area contributed by atoms with Crippen LogP contribution in [0.5, 0.6) is 0 Å². The van der Waals surface area contributed by atoms with Gasteiger partial charge in [0.25, 0.3) is 0 Å². The molecule has 9 heteroatoms. The molecule has 6 nitrogen and oxygen atoms in total. The first-order valence-corrected chi connectivity index (χ1v) is 10.1. The van der Waals surface area contributed by atoms with Crippen LogP contribution in [0, 0.1) is 11.8 Å². The molecule has 1 aliphatic heterocycles. The van der Waals surface area contributed by atoms with Gasteiger partial charge in [-0.15, -0.1) is 0 Å². The zero-order chi connectivity index (χ0) is 21.0. The number of likely N-dealkylation sites (tertiary alicyclic amines) is 1. The van der Waals surface area contributed by atoms with Gasteiger partial charge in [0.15, 0.2) is 0 Å². The Balaban J connectivity index is 1.47. The van der Waals surface area contributed by atoms with E-state index in [-0.39, 0.29) is 41.9 Å². The topological polar surface area (TPSA) is 88.3 Å². The largest absolute Gasteiger partial charge is 0.416 e. The average molecular weight is 412 g/mol. The van der Waals surface area contributed by atoms with Crippen LogP contribution in [0.25, 0.3) is 0 Å². The summed E-state index contributed by atoms with van der Waals surface area (Å²) in [7, 11) is 0. The van der Waals surface area contributed by atoms with Crippen molar-refractivity contribution in [2.24, 2.45) is 17.6 Å². The number of carbonyl (C=O) groups is 2. The van der Waals surface area contributed by atoms with Crippen molar-refractivity contribution in [1.29, 1.82) is 0 Å². The van der Waals surface area contributed by atoms with Gasteiger partial charge >= 0.3 is 6.18 Å². The van der Waals surface area contributed by atoms with E-state index in [2.05, 4.69) is 10.3 Å². The van der Waals surface area contributed by atoms with Crippen LogP contribution in [0.3, 0.4) is 0 Å². The normalized spacial score (nSPS) is 23.7. The summed E-state index contributed by atoms with van der Waals surface area (Å²) in [4.78, 5) is 30.6. The van der Waals surface area contributed by atoms with Gasteiger partial charge in [-0.1, -0.05) is 12.8 Å². The number of nitrogens with one attached hydrogen (secondary N) is 1. The number of amides is 2. The summed E-state index contributed by atoms with van der Waals surface area (Å²) in [6.07, 6.45) is 1.95. The van der Waals surface area contributed by atoms with Crippen molar-refractivity contribution in [2.45, 2.75) is 57.2 Å². The van der Waals surface area contributed by atoms with E-state index in [4.69, 9.17) is 5.73 Å². The van der Waals surface area contributed by atoms with Gasteiger partial charge in [0.05, 0.1) is 11.5 Å². The molecule has 160 valence electrons. The lowest BCUT2D eigenvalue weighted by Gasteiger charge is -2.37. The van der Waals surface area contributed by atoms with Crippen LogP contribution in [0.15, 0.2) is 18.3 Å². The summed E-state index contributed by atoms with van der Waals surface area (Å²) in [5.41, 5.74) is 5.26. The minimum absolute atomic E-state index is 0.0697. The first kappa shape index (κ1) is 21.5. The van der Waals surface area contributed by atoms with Gasteiger partial charge in [0, 0.05) is 31.7 Å². The van der Waals surface area contributed by atoms with Gasteiger partial charge in [-0.25, -0.2) is 4.98 Å². The van der Waals surface area contributed by atoms with E-state index in [1.165, 1.54) is 0 Å². The van der Waals surface area contributed by atoms with Crippen LogP contribution < -0.4 is 11.1 Å². The Morgan fingerprint density at radius 3 is 2.52 bits per heavy atom. The molecule has 1 aromatic rings. The molecule has 1 aromatic heterocycles. The monoisotopic (exact) mass is 412 g/mol. The minimum Gasteiger partial charge on any atom is -0.342 e. The standard InChI is InChI=1S/C20H27F3N4O2/c21-20(22,23)14-5-8-25-17(12-14)26-18(28)11-13-6-9-27(10-7-13)19(29)15-3-1-2-4-16(15)24/h5,8,12-13,15-16H,1-4,6-7,9-11,24H2,(H,25,26,28)/t15-,16-/m1/s1. The summed E-state index contributed by atoms with van der Waals surface area (Å²) >= 11 is 0. The Kier molecular flexibility index (Phi) is 6.77. The SMILES string of the molecule is N[C@@H]1CCCC[C@H]1C(=O)N1CCC(CC(=O)Nc2cc(C(F)(F)F)ccn2)CC1. The van der Waals surface area contributed by atoms with E-state index in [0.29, 0.717) is 25.9 Å². The number of hydrogen-bond donors (Lipinski definition) is 2. The van der Waals surface area contributed by atoms with Crippen molar-refractivity contribution >= 4 is 17.6 Å². The van der Waals surface area contributed by atoms with Gasteiger partial charge < -0.3 is 16.0 Å². The van der Waals surface area contributed by atoms with E-state index in [0.717, 1.165) is 44.0 Å². The van der Waals surface area contributed by atoms with E-state index in [1.807, 2.05) is 4.90 Å². The third-order valence-corrected chi connectivity index (χ3v) is 5.89. The highest BCUT2D eigenvalue weighted by molar-refractivity contribution is 5.90. The second kappa shape index (κ2) is 9.11. The highest BCUT2D eigenvalue weighted by Gasteiger charge is 2.34. The molecule has 1 aliphatic carbocycles. The fourth-order valence-electron chi connectivity index (χ4n) is 4.19. The van der Waals surface area contributed by atoms with Crippen LogP contribution >= 0.6 is 0 Å². The highest BCUT2D eigenvalue weighted by Crippen LogP contribution is 2.30. The molecule has 2 amide bonds. The maximum absolute atomic E-state index is 12.8. The number of carbonyl (C=O) groups excluding carboxylic acids is 2. The molecule has 0 spiro atoms. The number of pyridine rings is 1. The molecule has 3 rings (SSSR count). The minimum atomic E-state index is -4.48. The van der Waals surface area contributed by atoms with Crippen LogP contribution in [-0.4, -0.2) is 40.8 Å². The molecular weight excluding hydrogens is 385 g/mol. The molecule has 0 aromatic carbocycles. The molecule has 2 heterocycles. The lowest BCUT2D eigenvalue weighted by Crippen LogP contribution is -2.48. The smallest absolute Gasteiger partial charge is 0.342 e. The lowest BCUT2D eigenvalue weighted by molar-refractivity contribution is -0.139. The zero-order valence-electron chi connectivity index (χ0n) is 16.3. The number of hydrogen-bond acceptors (Lipinski definition) is 4. The first-order chi connectivity index (χ1) is 13.7. The zero-order valence-corrected chi connectivity index (χ0v) is 16.3. The Bertz CT molecular complexity index is 733. The molecule has 0 radical (unpaired) electrons. The molecule has 0 bridgehead atoms. The number of aromatic nitrogens is 1. The maximum atomic E-state index is 12.8. The van der Waals surface area contributed by atoms with Crippen LogP contribution in [0.4, 0.5) is 19.0 Å². The predicted molar refractivity (Wildman–Crippen MR) is 102 cm³/mol. The van der Waals surface area contributed by atoms with E-state index in [9.17, 15) is 22.8 Å². The number of nitrogens with zero attached hydrogens (tertiary/aromatic N) is 2. The first-order valence-electron chi connectivity index (χ1n) is 10.1. The maximum Gasteiger partial charge on any atom is 0.416 e. The van der Waals surface area contributed by atoms with Crippen molar-refractivity contribution in [3.63, 3.8) is 0 Å². The van der Waals surface area contributed by atoms with Crippen LogP contribution in [-0.2, 0) is 15.8 Å². The predicted octanol–water partition coefficient (Wildman–Crippen LogP) is 3.19. The van der Waals surface area contributed by atoms with Crippen LogP contribution in [0.1, 0.15) is 50.5 Å². The molecule has 2 aliphatic rings. The summed E-state index contributed by atoms with van der Waals surface area (Å²) in [5.74, 6) is -0.367. The molecule has 1 saturated carbocycles. The van der Waals surface area contributed by atoms with Crippen molar-refractivity contribution < 1.29 is 22.8 Å². The van der Waals surface area contributed by atoms with Gasteiger partial charge in [-0.3, -0.25) is 9.59 Å². The number of rotatable bonds is 4. The number of anilines is 1. The van der Waals surface area contributed by atoms with Gasteiger partial charge in [0.2, 0.25) is 11.8 Å². The summed E-state index contributed by atoms with van der Waals surface area (Å²) in [5, 5.41) is 2.45. The molecule has 29 heavy (non-hydrogen) atoms. The second-order valence-corrected chi connectivity index (χ2v) is 8.00. The Hall–Kier alpha value is -2.16. The Morgan fingerprint density at radius 2 is 1.86 bits per heavy atom. The number of piperidine rings is 1. The van der Waals surface area contributed by atoms with E-state index in [1.54, 1.807) is 0 Å². The highest BCUT2D eigenvalue weighted by atomic mass is 19.4. The quantitative estimate of drug-likeness (QED) is 0.795. The molecular formula is C20H27F3N4O2. The lowest BCUT2D eigenvalue weighted by atomic mass is 9.83. The number of halogens is 3. The fraction of sp³-hybridized carbons (Fsp3) is 0.650. The fourth-order valence-corrected chi connectivity index (χ4v) is 4.19. The molecule has 3 N–H and O–H groups in total. The molecule has 1 saturated heterocycles. The number of alkyl halides is 3. The third kappa shape index (κ3) is 5.68.